The van der Waals surface area contributed by atoms with Gasteiger partial charge in [0.15, 0.2) is 0 Å². The normalized spacial score (nSPS) is 28.9. The van der Waals surface area contributed by atoms with Crippen LogP contribution in [0.25, 0.3) is 0 Å². The molecule has 2 fully saturated rings. The van der Waals surface area contributed by atoms with Gasteiger partial charge >= 0.3 is 0 Å². The Balaban J connectivity index is 1.52. The molecule has 24 heavy (non-hydrogen) atoms. The van der Waals surface area contributed by atoms with E-state index in [1.807, 2.05) is 24.5 Å². The highest BCUT2D eigenvalue weighted by Gasteiger charge is 2.50. The van der Waals surface area contributed by atoms with E-state index in [9.17, 15) is 0 Å². The van der Waals surface area contributed by atoms with Gasteiger partial charge in [-0.05, 0) is 66.5 Å². The minimum Gasteiger partial charge on any atom is -0.309 e. The lowest BCUT2D eigenvalue weighted by Gasteiger charge is -2.55. The van der Waals surface area contributed by atoms with E-state index in [0.717, 1.165) is 23.4 Å². The van der Waals surface area contributed by atoms with Crippen molar-refractivity contribution in [2.24, 2.45) is 11.8 Å². The van der Waals surface area contributed by atoms with Crippen LogP contribution in [0.4, 0.5) is 0 Å². The van der Waals surface area contributed by atoms with Crippen LogP contribution in [0.2, 0.25) is 5.02 Å². The molecule has 0 spiro atoms. The van der Waals surface area contributed by atoms with Crippen LogP contribution in [0.3, 0.4) is 0 Å². The number of pyridine rings is 1. The second-order valence-electron chi connectivity index (χ2n) is 7.40. The fourth-order valence-electron chi connectivity index (χ4n) is 4.81. The summed E-state index contributed by atoms with van der Waals surface area (Å²) in [7, 11) is 0. The highest BCUT2D eigenvalue weighted by Crippen LogP contribution is 2.54. The van der Waals surface area contributed by atoms with Gasteiger partial charge < -0.3 is 5.32 Å². The Kier molecular flexibility index (Phi) is 4.60. The molecule has 1 heterocycles. The third kappa shape index (κ3) is 2.98. The molecule has 2 nitrogen and oxygen atoms in total. The molecule has 1 aromatic heterocycles. The number of aromatic nitrogens is 1. The molecule has 0 amide bonds. The highest BCUT2D eigenvalue weighted by atomic mass is 35.5. The SMILES string of the molecule is Cc1cnccc1CN[C@@H]1[C@H]2CCCC[C@H]2[C@H]1c1ccc(Cl)cc1. The first-order valence-electron chi connectivity index (χ1n) is 9.12. The van der Waals surface area contributed by atoms with Gasteiger partial charge in [-0.15, -0.1) is 0 Å². The Bertz CT molecular complexity index is 697. The fraction of sp³-hybridized carbons (Fsp3) is 0.476. The minimum atomic E-state index is 0.587. The van der Waals surface area contributed by atoms with Crippen molar-refractivity contribution >= 4 is 11.6 Å². The molecule has 0 unspecified atom stereocenters. The van der Waals surface area contributed by atoms with Gasteiger partial charge in [-0.1, -0.05) is 36.6 Å². The Morgan fingerprint density at radius 1 is 1.08 bits per heavy atom. The number of nitrogens with zero attached hydrogens (tertiary/aromatic N) is 1. The molecule has 2 aromatic rings. The Labute approximate surface area is 149 Å². The van der Waals surface area contributed by atoms with Crippen LogP contribution in [0.1, 0.15) is 48.3 Å². The van der Waals surface area contributed by atoms with Gasteiger partial charge in [0, 0.05) is 35.9 Å². The van der Waals surface area contributed by atoms with E-state index >= 15 is 0 Å². The number of halogens is 1. The number of fused-ring (bicyclic) bond motifs is 1. The van der Waals surface area contributed by atoms with Gasteiger partial charge in [0.1, 0.15) is 0 Å². The van der Waals surface area contributed by atoms with Crippen molar-refractivity contribution in [2.45, 2.75) is 51.1 Å². The van der Waals surface area contributed by atoms with Gasteiger partial charge in [0.05, 0.1) is 0 Å². The van der Waals surface area contributed by atoms with E-state index in [2.05, 4.69) is 35.4 Å². The molecule has 126 valence electrons. The first-order chi connectivity index (χ1) is 11.7. The number of hydrogen-bond donors (Lipinski definition) is 1. The second-order valence-corrected chi connectivity index (χ2v) is 7.83. The Morgan fingerprint density at radius 3 is 2.58 bits per heavy atom. The smallest absolute Gasteiger partial charge is 0.0406 e. The van der Waals surface area contributed by atoms with Gasteiger partial charge in [0.2, 0.25) is 0 Å². The van der Waals surface area contributed by atoms with Gasteiger partial charge in [-0.3, -0.25) is 4.98 Å². The van der Waals surface area contributed by atoms with Crippen molar-refractivity contribution in [1.29, 1.82) is 0 Å². The largest absolute Gasteiger partial charge is 0.309 e. The molecule has 1 N–H and O–H groups in total. The maximum Gasteiger partial charge on any atom is 0.0406 e. The van der Waals surface area contributed by atoms with Gasteiger partial charge in [-0.2, -0.15) is 0 Å². The Morgan fingerprint density at radius 2 is 1.83 bits per heavy atom. The summed E-state index contributed by atoms with van der Waals surface area (Å²) in [6, 6.07) is 11.3. The van der Waals surface area contributed by atoms with E-state index < -0.39 is 0 Å². The molecule has 0 radical (unpaired) electrons. The van der Waals surface area contributed by atoms with Gasteiger partial charge in [-0.25, -0.2) is 0 Å². The second kappa shape index (κ2) is 6.85. The van der Waals surface area contributed by atoms with Crippen LogP contribution in [-0.2, 0) is 6.54 Å². The predicted molar refractivity (Wildman–Crippen MR) is 99.2 cm³/mol. The average molecular weight is 341 g/mol. The zero-order valence-electron chi connectivity index (χ0n) is 14.2. The van der Waals surface area contributed by atoms with E-state index in [4.69, 9.17) is 11.6 Å². The number of rotatable bonds is 4. The summed E-state index contributed by atoms with van der Waals surface area (Å²) >= 11 is 6.09. The van der Waals surface area contributed by atoms with E-state index in [-0.39, 0.29) is 0 Å². The van der Waals surface area contributed by atoms with Gasteiger partial charge in [0.25, 0.3) is 0 Å². The lowest BCUT2D eigenvalue weighted by atomic mass is 9.53. The Hall–Kier alpha value is -1.38. The molecule has 0 aliphatic heterocycles. The molecule has 2 saturated carbocycles. The summed E-state index contributed by atoms with van der Waals surface area (Å²) in [5.41, 5.74) is 4.08. The van der Waals surface area contributed by atoms with Crippen LogP contribution >= 0.6 is 11.6 Å². The molecule has 0 bridgehead atoms. The maximum atomic E-state index is 6.09. The summed E-state index contributed by atoms with van der Waals surface area (Å²) < 4.78 is 0. The lowest BCUT2D eigenvalue weighted by molar-refractivity contribution is 0.0254. The zero-order valence-corrected chi connectivity index (χ0v) is 15.0. The molecule has 2 aliphatic carbocycles. The summed E-state index contributed by atoms with van der Waals surface area (Å²) in [6.07, 6.45) is 9.39. The number of aryl methyl sites for hydroxylation is 1. The average Bonchev–Trinajstić information content (AvgIpc) is 2.59. The molecule has 3 heteroatoms. The van der Waals surface area contributed by atoms with Crippen LogP contribution in [0, 0.1) is 18.8 Å². The van der Waals surface area contributed by atoms with Crippen molar-refractivity contribution in [1.82, 2.24) is 10.3 Å². The number of hydrogen-bond acceptors (Lipinski definition) is 2. The van der Waals surface area contributed by atoms with Crippen LogP contribution in [0.5, 0.6) is 0 Å². The third-order valence-corrected chi connectivity index (χ3v) is 6.36. The molecule has 1 aromatic carbocycles. The predicted octanol–water partition coefficient (Wildman–Crippen LogP) is 5.11. The van der Waals surface area contributed by atoms with Crippen molar-refractivity contribution in [3.63, 3.8) is 0 Å². The first kappa shape index (κ1) is 16.1. The summed E-state index contributed by atoms with van der Waals surface area (Å²) in [5, 5.41) is 4.71. The molecular weight excluding hydrogens is 316 g/mol. The standard InChI is InChI=1S/C21H25ClN2/c1-14-12-23-11-10-16(14)13-24-21-19-5-3-2-4-18(19)20(21)15-6-8-17(22)9-7-15/h6-12,18-21,24H,2-5,13H2,1H3/t18-,19+,20-,21-/m1/s1. The number of benzene rings is 1. The summed E-state index contributed by atoms with van der Waals surface area (Å²) in [4.78, 5) is 4.20. The van der Waals surface area contributed by atoms with Crippen LogP contribution in [-0.4, -0.2) is 11.0 Å². The fourth-order valence-corrected chi connectivity index (χ4v) is 4.94. The van der Waals surface area contributed by atoms with Crippen LogP contribution in [0.15, 0.2) is 42.7 Å². The van der Waals surface area contributed by atoms with E-state index in [1.54, 1.807) is 0 Å². The van der Waals surface area contributed by atoms with Crippen molar-refractivity contribution < 1.29 is 0 Å². The zero-order chi connectivity index (χ0) is 16.5. The minimum absolute atomic E-state index is 0.587. The first-order valence-corrected chi connectivity index (χ1v) is 9.50. The molecular formula is C21H25ClN2. The van der Waals surface area contributed by atoms with Crippen molar-refractivity contribution in [2.75, 3.05) is 0 Å². The summed E-state index contributed by atoms with van der Waals surface area (Å²) in [6.45, 7) is 3.08. The molecule has 4 atom stereocenters. The lowest BCUT2D eigenvalue weighted by Crippen LogP contribution is -2.57. The van der Waals surface area contributed by atoms with Crippen molar-refractivity contribution in [3.05, 3.63) is 64.4 Å². The van der Waals surface area contributed by atoms with Crippen molar-refractivity contribution in [3.8, 4) is 0 Å². The van der Waals surface area contributed by atoms with Crippen LogP contribution < -0.4 is 5.32 Å². The highest BCUT2D eigenvalue weighted by molar-refractivity contribution is 6.30. The quantitative estimate of drug-likeness (QED) is 0.837. The molecule has 4 rings (SSSR count). The maximum absolute atomic E-state index is 6.09. The summed E-state index contributed by atoms with van der Waals surface area (Å²) in [5.74, 6) is 2.31. The van der Waals surface area contributed by atoms with E-state index in [0.29, 0.717) is 12.0 Å². The topological polar surface area (TPSA) is 24.9 Å². The third-order valence-electron chi connectivity index (χ3n) is 6.10. The molecule has 0 saturated heterocycles. The number of nitrogens with one attached hydrogen (secondary N) is 1. The monoisotopic (exact) mass is 340 g/mol. The van der Waals surface area contributed by atoms with E-state index in [1.165, 1.54) is 42.4 Å². The molecule has 2 aliphatic rings.